The molecule has 0 saturated heterocycles. The largest absolute Gasteiger partial charge is 0.307 e. The molecule has 0 N–H and O–H groups in total. The van der Waals surface area contributed by atoms with E-state index in [4.69, 9.17) is 0 Å². The highest BCUT2D eigenvalue weighted by Gasteiger charge is 2.48. The molecule has 2 aliphatic rings. The Morgan fingerprint density at radius 2 is 1.10 bits per heavy atom. The number of amides is 2. The SMILES string of the molecule is CCCCCCCCN1C(=O)C2=C(c3ccc(Br)s3)N(CCCCCCCC)C(=O)C2=C1c1ccc(Br)cc1. The minimum Gasteiger partial charge on any atom is -0.307 e. The van der Waals surface area contributed by atoms with Crippen LogP contribution in [0, 0.1) is 0 Å². The molecule has 1 aromatic carbocycles. The average Bonchev–Trinajstić information content (AvgIpc) is 3.57. The molecule has 2 aromatic rings. The predicted octanol–water partition coefficient (Wildman–Crippen LogP) is 9.80. The highest BCUT2D eigenvalue weighted by atomic mass is 79.9. The standard InChI is InChI=1S/C32H40Br2N2O2S/c1-3-5-7-9-11-13-21-35-29(23-15-17-24(33)18-16-23)27-28(32(35)38)30(25-19-20-26(34)39-25)36(31(27)37)22-14-12-10-8-6-4-2/h15-20H,3-14,21-22H2,1-2H3. The predicted molar refractivity (Wildman–Crippen MR) is 170 cm³/mol. The summed E-state index contributed by atoms with van der Waals surface area (Å²) in [5.41, 5.74) is 3.66. The van der Waals surface area contributed by atoms with Gasteiger partial charge in [0, 0.05) is 17.6 Å². The molecular weight excluding hydrogens is 636 g/mol. The number of benzene rings is 1. The second-order valence-electron chi connectivity index (χ2n) is 10.5. The Morgan fingerprint density at radius 1 is 0.615 bits per heavy atom. The van der Waals surface area contributed by atoms with Gasteiger partial charge in [-0.2, -0.15) is 0 Å². The van der Waals surface area contributed by atoms with Gasteiger partial charge in [-0.15, -0.1) is 11.3 Å². The van der Waals surface area contributed by atoms with Gasteiger partial charge in [-0.25, -0.2) is 0 Å². The molecule has 2 aliphatic heterocycles. The first-order valence-electron chi connectivity index (χ1n) is 14.6. The van der Waals surface area contributed by atoms with Crippen molar-refractivity contribution in [1.82, 2.24) is 9.80 Å². The summed E-state index contributed by atoms with van der Waals surface area (Å²) >= 11 is 8.72. The van der Waals surface area contributed by atoms with Gasteiger partial charge in [0.25, 0.3) is 11.8 Å². The van der Waals surface area contributed by atoms with Gasteiger partial charge in [-0.1, -0.05) is 106 Å². The van der Waals surface area contributed by atoms with E-state index in [0.29, 0.717) is 24.2 Å². The molecule has 0 fully saturated rings. The van der Waals surface area contributed by atoms with Crippen LogP contribution in [-0.4, -0.2) is 34.7 Å². The van der Waals surface area contributed by atoms with Crippen molar-refractivity contribution < 1.29 is 9.59 Å². The third kappa shape index (κ3) is 7.15. The molecular formula is C32H40Br2N2O2S. The molecule has 0 bridgehead atoms. The molecule has 7 heteroatoms. The highest BCUT2D eigenvalue weighted by Crippen LogP contribution is 2.48. The van der Waals surface area contributed by atoms with Gasteiger partial charge < -0.3 is 9.80 Å². The summed E-state index contributed by atoms with van der Waals surface area (Å²) in [6.45, 7) is 5.72. The van der Waals surface area contributed by atoms with Crippen LogP contribution in [0.3, 0.4) is 0 Å². The number of hydrogen-bond acceptors (Lipinski definition) is 3. The summed E-state index contributed by atoms with van der Waals surface area (Å²) in [6.07, 6.45) is 13.9. The van der Waals surface area contributed by atoms with Crippen molar-refractivity contribution in [2.75, 3.05) is 13.1 Å². The zero-order valence-electron chi connectivity index (χ0n) is 23.2. The highest BCUT2D eigenvalue weighted by molar-refractivity contribution is 9.11. The summed E-state index contributed by atoms with van der Waals surface area (Å²) in [4.78, 5) is 33.1. The minimum absolute atomic E-state index is 0.0326. The molecule has 39 heavy (non-hydrogen) atoms. The molecule has 0 unspecified atom stereocenters. The lowest BCUT2D eigenvalue weighted by Gasteiger charge is -2.25. The summed E-state index contributed by atoms with van der Waals surface area (Å²) in [6, 6.07) is 12.0. The van der Waals surface area contributed by atoms with E-state index in [1.807, 2.05) is 46.2 Å². The maximum absolute atomic E-state index is 14.2. The van der Waals surface area contributed by atoms with Gasteiger partial charge in [-0.3, -0.25) is 9.59 Å². The van der Waals surface area contributed by atoms with Crippen LogP contribution in [0.25, 0.3) is 11.4 Å². The van der Waals surface area contributed by atoms with Gasteiger partial charge in [0.1, 0.15) is 0 Å². The van der Waals surface area contributed by atoms with Crippen LogP contribution >= 0.6 is 43.2 Å². The normalized spacial score (nSPS) is 15.4. The topological polar surface area (TPSA) is 40.6 Å². The average molecular weight is 677 g/mol. The first-order chi connectivity index (χ1) is 19.0. The molecule has 0 saturated carbocycles. The number of nitrogens with zero attached hydrogens (tertiary/aromatic N) is 2. The van der Waals surface area contributed by atoms with Gasteiger partial charge in [-0.05, 0) is 58.6 Å². The molecule has 3 heterocycles. The third-order valence-electron chi connectivity index (χ3n) is 7.58. The first-order valence-corrected chi connectivity index (χ1v) is 17.0. The maximum Gasteiger partial charge on any atom is 0.261 e. The fourth-order valence-corrected chi connectivity index (χ4v) is 7.24. The van der Waals surface area contributed by atoms with E-state index in [1.54, 1.807) is 11.3 Å². The Bertz CT molecular complexity index is 1220. The van der Waals surface area contributed by atoms with Crippen LogP contribution in [0.4, 0.5) is 0 Å². The molecule has 210 valence electrons. The molecule has 0 atom stereocenters. The van der Waals surface area contributed by atoms with Crippen molar-refractivity contribution in [2.24, 2.45) is 0 Å². The molecule has 0 aliphatic carbocycles. The fraction of sp³-hybridized carbons (Fsp3) is 0.500. The minimum atomic E-state index is -0.0326. The number of halogens is 2. The number of rotatable bonds is 16. The second-order valence-corrected chi connectivity index (χ2v) is 13.9. The zero-order valence-corrected chi connectivity index (χ0v) is 27.2. The number of unbranched alkanes of at least 4 members (excludes halogenated alkanes) is 10. The van der Waals surface area contributed by atoms with Crippen molar-refractivity contribution in [3.63, 3.8) is 0 Å². The Balaban J connectivity index is 1.68. The van der Waals surface area contributed by atoms with E-state index >= 15 is 0 Å². The van der Waals surface area contributed by atoms with Crippen LogP contribution in [0.2, 0.25) is 0 Å². The van der Waals surface area contributed by atoms with Crippen molar-refractivity contribution in [2.45, 2.75) is 90.9 Å². The van der Waals surface area contributed by atoms with Gasteiger partial charge in [0.15, 0.2) is 0 Å². The van der Waals surface area contributed by atoms with Crippen LogP contribution in [0.1, 0.15) is 101 Å². The molecule has 4 rings (SSSR count). The zero-order chi connectivity index (χ0) is 27.8. The monoisotopic (exact) mass is 674 g/mol. The first kappa shape index (κ1) is 30.3. The summed E-state index contributed by atoms with van der Waals surface area (Å²) < 4.78 is 1.98. The van der Waals surface area contributed by atoms with Crippen LogP contribution < -0.4 is 0 Å². The Labute approximate surface area is 254 Å². The number of carbonyl (C=O) groups excluding carboxylic acids is 2. The van der Waals surface area contributed by atoms with Crippen molar-refractivity contribution in [3.8, 4) is 0 Å². The van der Waals surface area contributed by atoms with Crippen molar-refractivity contribution in [3.05, 3.63) is 66.2 Å². The van der Waals surface area contributed by atoms with Gasteiger partial charge >= 0.3 is 0 Å². The van der Waals surface area contributed by atoms with E-state index in [0.717, 1.165) is 55.8 Å². The van der Waals surface area contributed by atoms with E-state index in [2.05, 4.69) is 45.7 Å². The molecule has 4 nitrogen and oxygen atoms in total. The van der Waals surface area contributed by atoms with E-state index in [-0.39, 0.29) is 11.8 Å². The lowest BCUT2D eigenvalue weighted by atomic mass is 10.0. The Kier molecular flexibility index (Phi) is 11.5. The summed E-state index contributed by atoms with van der Waals surface area (Å²) in [5.74, 6) is -0.0652. The van der Waals surface area contributed by atoms with Gasteiger partial charge in [0.2, 0.25) is 0 Å². The lowest BCUT2D eigenvalue weighted by Crippen LogP contribution is -2.31. The van der Waals surface area contributed by atoms with E-state index in [1.165, 1.54) is 51.4 Å². The second kappa shape index (κ2) is 14.8. The molecule has 2 amide bonds. The van der Waals surface area contributed by atoms with Gasteiger partial charge in [0.05, 0.1) is 31.2 Å². The quantitative estimate of drug-likeness (QED) is 0.166. The number of carbonyl (C=O) groups is 2. The molecule has 1 aromatic heterocycles. The number of thiophene rings is 1. The number of hydrogen-bond donors (Lipinski definition) is 0. The summed E-state index contributed by atoms with van der Waals surface area (Å²) in [5, 5.41) is 0. The smallest absolute Gasteiger partial charge is 0.261 e. The molecule has 0 spiro atoms. The summed E-state index contributed by atoms with van der Waals surface area (Å²) in [7, 11) is 0. The van der Waals surface area contributed by atoms with Crippen molar-refractivity contribution in [1.29, 1.82) is 0 Å². The third-order valence-corrected chi connectivity index (χ3v) is 9.74. The Morgan fingerprint density at radius 3 is 1.62 bits per heavy atom. The maximum atomic E-state index is 14.2. The Hall–Kier alpha value is -1.70. The fourth-order valence-electron chi connectivity index (χ4n) is 5.53. The molecule has 0 radical (unpaired) electrons. The van der Waals surface area contributed by atoms with Crippen LogP contribution in [0.15, 0.2) is 55.8 Å². The van der Waals surface area contributed by atoms with E-state index < -0.39 is 0 Å². The van der Waals surface area contributed by atoms with Crippen molar-refractivity contribution >= 4 is 66.4 Å². The van der Waals surface area contributed by atoms with Crippen LogP contribution in [0.5, 0.6) is 0 Å². The van der Waals surface area contributed by atoms with E-state index in [9.17, 15) is 9.59 Å². The lowest BCUT2D eigenvalue weighted by molar-refractivity contribution is -0.124. The van der Waals surface area contributed by atoms with Crippen LogP contribution in [-0.2, 0) is 9.59 Å². The number of fused-ring (bicyclic) bond motifs is 1.